The molecule has 2 fully saturated rings. The first-order chi connectivity index (χ1) is 9.00. The highest BCUT2D eigenvalue weighted by Crippen LogP contribution is 2.26. The van der Waals surface area contributed by atoms with Crippen LogP contribution in [-0.4, -0.2) is 43.6 Å². The summed E-state index contributed by atoms with van der Waals surface area (Å²) in [4.78, 5) is 0. The molecule has 2 aliphatic carbocycles. The number of nitrogens with one attached hydrogen (secondary N) is 1. The van der Waals surface area contributed by atoms with Gasteiger partial charge in [-0.3, -0.25) is 0 Å². The van der Waals surface area contributed by atoms with E-state index in [4.69, 9.17) is 0 Å². The van der Waals surface area contributed by atoms with Gasteiger partial charge >= 0.3 is 0 Å². The standard InChI is InChI=1S/C13H26N2O3S/c1-15(12-7-3-2-4-8-12)19(17,18)14-10-11-6-5-9-13(11)16/h11-14,16H,2-10H2,1H3. The van der Waals surface area contributed by atoms with Crippen LogP contribution in [0.1, 0.15) is 51.4 Å². The van der Waals surface area contributed by atoms with Crippen LogP contribution in [0.5, 0.6) is 0 Å². The summed E-state index contributed by atoms with van der Waals surface area (Å²) < 4.78 is 28.6. The van der Waals surface area contributed by atoms with Crippen molar-refractivity contribution in [1.29, 1.82) is 0 Å². The molecule has 0 aliphatic heterocycles. The van der Waals surface area contributed by atoms with Crippen molar-refractivity contribution >= 4 is 10.2 Å². The van der Waals surface area contributed by atoms with Crippen molar-refractivity contribution in [2.24, 2.45) is 5.92 Å². The van der Waals surface area contributed by atoms with E-state index in [0.717, 1.165) is 44.9 Å². The van der Waals surface area contributed by atoms with Gasteiger partial charge in [0.05, 0.1) is 6.10 Å². The fourth-order valence-corrected chi connectivity index (χ4v) is 4.44. The summed E-state index contributed by atoms with van der Waals surface area (Å²) >= 11 is 0. The maximum Gasteiger partial charge on any atom is 0.279 e. The second-order valence-corrected chi connectivity index (χ2v) is 7.73. The van der Waals surface area contributed by atoms with Crippen LogP contribution in [0.15, 0.2) is 0 Å². The summed E-state index contributed by atoms with van der Waals surface area (Å²) in [5.74, 6) is 0.0783. The van der Waals surface area contributed by atoms with Gasteiger partial charge in [0.25, 0.3) is 10.2 Å². The molecule has 6 heteroatoms. The third-order valence-electron chi connectivity index (χ3n) is 4.61. The van der Waals surface area contributed by atoms with Crippen LogP contribution in [-0.2, 0) is 10.2 Å². The molecule has 2 atom stereocenters. The SMILES string of the molecule is CN(C1CCCCC1)S(=O)(=O)NCC1CCCC1O. The van der Waals surface area contributed by atoms with E-state index in [1.807, 2.05) is 0 Å². The Morgan fingerprint density at radius 1 is 1.11 bits per heavy atom. The first-order valence-electron chi connectivity index (χ1n) is 7.41. The molecule has 0 aromatic carbocycles. The maximum absolute atomic E-state index is 12.2. The normalized spacial score (nSPS) is 30.1. The number of nitrogens with zero attached hydrogens (tertiary/aromatic N) is 1. The van der Waals surface area contributed by atoms with Gasteiger partial charge in [-0.05, 0) is 31.6 Å². The van der Waals surface area contributed by atoms with Gasteiger partial charge in [0, 0.05) is 19.6 Å². The van der Waals surface area contributed by atoms with Crippen molar-refractivity contribution in [3.8, 4) is 0 Å². The molecular formula is C13H26N2O3S. The number of aliphatic hydroxyl groups is 1. The monoisotopic (exact) mass is 290 g/mol. The molecule has 0 bridgehead atoms. The van der Waals surface area contributed by atoms with E-state index in [1.165, 1.54) is 10.7 Å². The topological polar surface area (TPSA) is 69.6 Å². The predicted molar refractivity (Wildman–Crippen MR) is 74.9 cm³/mol. The Bertz CT molecular complexity index is 379. The first kappa shape index (κ1) is 15.2. The highest BCUT2D eigenvalue weighted by molar-refractivity contribution is 7.87. The van der Waals surface area contributed by atoms with Crippen LogP contribution in [0.25, 0.3) is 0 Å². The van der Waals surface area contributed by atoms with Gasteiger partial charge in [0.2, 0.25) is 0 Å². The molecule has 112 valence electrons. The molecule has 2 unspecified atom stereocenters. The lowest BCUT2D eigenvalue weighted by Gasteiger charge is -2.30. The van der Waals surface area contributed by atoms with Gasteiger partial charge in [-0.2, -0.15) is 12.7 Å². The van der Waals surface area contributed by atoms with Gasteiger partial charge in [0.1, 0.15) is 0 Å². The molecule has 19 heavy (non-hydrogen) atoms. The van der Waals surface area contributed by atoms with Crippen molar-refractivity contribution in [1.82, 2.24) is 9.03 Å². The zero-order valence-electron chi connectivity index (χ0n) is 11.7. The smallest absolute Gasteiger partial charge is 0.279 e. The van der Waals surface area contributed by atoms with E-state index >= 15 is 0 Å². The van der Waals surface area contributed by atoms with Crippen molar-refractivity contribution in [3.05, 3.63) is 0 Å². The van der Waals surface area contributed by atoms with E-state index in [9.17, 15) is 13.5 Å². The zero-order valence-corrected chi connectivity index (χ0v) is 12.5. The Morgan fingerprint density at radius 2 is 1.79 bits per heavy atom. The summed E-state index contributed by atoms with van der Waals surface area (Å²) in [6, 6.07) is 0.139. The van der Waals surface area contributed by atoms with Crippen molar-refractivity contribution in [3.63, 3.8) is 0 Å². The average Bonchev–Trinajstić information content (AvgIpc) is 2.82. The molecule has 2 aliphatic rings. The number of hydrogen-bond acceptors (Lipinski definition) is 3. The second-order valence-electron chi connectivity index (χ2n) is 5.92. The third-order valence-corrected chi connectivity index (χ3v) is 6.20. The Morgan fingerprint density at radius 3 is 2.37 bits per heavy atom. The maximum atomic E-state index is 12.2. The number of aliphatic hydroxyl groups excluding tert-OH is 1. The van der Waals surface area contributed by atoms with Crippen LogP contribution in [0, 0.1) is 5.92 Å². The minimum absolute atomic E-state index is 0.0783. The lowest BCUT2D eigenvalue weighted by atomic mass is 9.96. The lowest BCUT2D eigenvalue weighted by Crippen LogP contribution is -2.46. The van der Waals surface area contributed by atoms with Crippen LogP contribution in [0.2, 0.25) is 0 Å². The summed E-state index contributed by atoms with van der Waals surface area (Å²) in [6.07, 6.45) is 7.73. The fraction of sp³-hybridized carbons (Fsp3) is 1.00. The molecular weight excluding hydrogens is 264 g/mol. The van der Waals surface area contributed by atoms with Gasteiger partial charge < -0.3 is 5.11 Å². The van der Waals surface area contributed by atoms with Gasteiger partial charge in [0.15, 0.2) is 0 Å². The number of rotatable bonds is 5. The molecule has 0 saturated heterocycles. The minimum atomic E-state index is -3.40. The fourth-order valence-electron chi connectivity index (χ4n) is 3.21. The average molecular weight is 290 g/mol. The Kier molecular flexibility index (Phi) is 5.22. The van der Waals surface area contributed by atoms with E-state index in [-0.39, 0.29) is 18.1 Å². The first-order valence-corrected chi connectivity index (χ1v) is 8.85. The largest absolute Gasteiger partial charge is 0.393 e. The zero-order chi connectivity index (χ0) is 13.9. The van der Waals surface area contributed by atoms with Crippen molar-refractivity contribution in [2.45, 2.75) is 63.5 Å². The Balaban J connectivity index is 1.86. The molecule has 2 saturated carbocycles. The molecule has 0 radical (unpaired) electrons. The van der Waals surface area contributed by atoms with Gasteiger partial charge in [-0.1, -0.05) is 25.7 Å². The summed E-state index contributed by atoms with van der Waals surface area (Å²) in [7, 11) is -1.73. The van der Waals surface area contributed by atoms with E-state index in [2.05, 4.69) is 4.72 Å². The predicted octanol–water partition coefficient (Wildman–Crippen LogP) is 1.25. The van der Waals surface area contributed by atoms with Crippen LogP contribution < -0.4 is 4.72 Å². The summed E-state index contributed by atoms with van der Waals surface area (Å²) in [5, 5.41) is 9.72. The molecule has 5 nitrogen and oxygen atoms in total. The number of hydrogen-bond donors (Lipinski definition) is 2. The van der Waals surface area contributed by atoms with E-state index < -0.39 is 10.2 Å². The minimum Gasteiger partial charge on any atom is -0.393 e. The van der Waals surface area contributed by atoms with E-state index in [0.29, 0.717) is 6.54 Å². The summed E-state index contributed by atoms with van der Waals surface area (Å²) in [6.45, 7) is 0.362. The van der Waals surface area contributed by atoms with Crippen molar-refractivity contribution in [2.75, 3.05) is 13.6 Å². The molecule has 0 aromatic rings. The van der Waals surface area contributed by atoms with Crippen LogP contribution in [0.4, 0.5) is 0 Å². The van der Waals surface area contributed by atoms with Gasteiger partial charge in [-0.25, -0.2) is 4.72 Å². The Hall–Kier alpha value is -0.170. The third kappa shape index (κ3) is 3.90. The molecule has 2 N–H and O–H groups in total. The second kappa shape index (κ2) is 6.52. The molecule has 0 spiro atoms. The van der Waals surface area contributed by atoms with Crippen LogP contribution >= 0.6 is 0 Å². The summed E-state index contributed by atoms with van der Waals surface area (Å²) in [5.41, 5.74) is 0. The molecule has 0 amide bonds. The molecule has 0 heterocycles. The molecule has 0 aromatic heterocycles. The van der Waals surface area contributed by atoms with Crippen LogP contribution in [0.3, 0.4) is 0 Å². The Labute approximate surface area is 116 Å². The highest BCUT2D eigenvalue weighted by Gasteiger charge is 2.30. The van der Waals surface area contributed by atoms with Crippen molar-refractivity contribution < 1.29 is 13.5 Å². The quantitative estimate of drug-likeness (QED) is 0.800. The van der Waals surface area contributed by atoms with Gasteiger partial charge in [-0.15, -0.1) is 0 Å². The lowest BCUT2D eigenvalue weighted by molar-refractivity contribution is 0.134. The molecule has 2 rings (SSSR count). The highest BCUT2D eigenvalue weighted by atomic mass is 32.2. The van der Waals surface area contributed by atoms with E-state index in [1.54, 1.807) is 7.05 Å².